The van der Waals surface area contributed by atoms with E-state index in [1.165, 1.54) is 12.1 Å². The normalized spacial score (nSPS) is 11.7. The predicted molar refractivity (Wildman–Crippen MR) is 82.0 cm³/mol. The van der Waals surface area contributed by atoms with Crippen LogP contribution in [0.5, 0.6) is 0 Å². The number of nitrogens with one attached hydrogen (secondary N) is 1. The number of rotatable bonds is 5. The van der Waals surface area contributed by atoms with Crippen molar-refractivity contribution in [2.75, 3.05) is 5.32 Å². The zero-order chi connectivity index (χ0) is 15.4. The highest BCUT2D eigenvalue weighted by molar-refractivity contribution is 6.31. The zero-order valence-corrected chi connectivity index (χ0v) is 12.0. The van der Waals surface area contributed by atoms with Gasteiger partial charge in [0.1, 0.15) is 0 Å². The zero-order valence-electron chi connectivity index (χ0n) is 11.2. The van der Waals surface area contributed by atoms with Crippen molar-refractivity contribution >= 4 is 28.8 Å². The summed E-state index contributed by atoms with van der Waals surface area (Å²) in [6.45, 7) is 1.73. The van der Waals surface area contributed by atoms with Crippen LogP contribution in [0.25, 0.3) is 0 Å². The van der Waals surface area contributed by atoms with Crippen molar-refractivity contribution in [3.8, 4) is 0 Å². The summed E-state index contributed by atoms with van der Waals surface area (Å²) in [6.07, 6.45) is 0. The van der Waals surface area contributed by atoms with Crippen LogP contribution < -0.4 is 5.32 Å². The van der Waals surface area contributed by atoms with Crippen molar-refractivity contribution in [3.05, 3.63) is 69.2 Å². The summed E-state index contributed by atoms with van der Waals surface area (Å²) in [5.74, 6) is -0.101. The fourth-order valence-electron chi connectivity index (χ4n) is 1.89. The van der Waals surface area contributed by atoms with Gasteiger partial charge in [-0.3, -0.25) is 14.9 Å². The molecule has 0 fully saturated rings. The Kier molecular flexibility index (Phi) is 4.55. The molecule has 1 N–H and O–H groups in total. The van der Waals surface area contributed by atoms with Crippen LogP contribution in [0.4, 0.5) is 11.4 Å². The minimum atomic E-state index is -0.468. The predicted octanol–water partition coefficient (Wildman–Crippen LogP) is 3.93. The SMILES string of the molecule is CC(Nc1ccc([N+](=O)[O-])cc1)C(=O)c1cccc(Cl)c1. The summed E-state index contributed by atoms with van der Waals surface area (Å²) in [7, 11) is 0. The molecule has 0 aliphatic heterocycles. The molecular weight excluding hydrogens is 292 g/mol. The molecule has 6 heteroatoms. The van der Waals surface area contributed by atoms with Gasteiger partial charge in [0.25, 0.3) is 5.69 Å². The second-order valence-corrected chi connectivity index (χ2v) is 4.98. The monoisotopic (exact) mass is 304 g/mol. The van der Waals surface area contributed by atoms with Gasteiger partial charge in [-0.2, -0.15) is 0 Å². The number of halogens is 1. The number of ketones is 1. The Bertz CT molecular complexity index is 671. The molecule has 0 bridgehead atoms. The Hall–Kier alpha value is -2.40. The maximum Gasteiger partial charge on any atom is 0.269 e. The Labute approximate surface area is 126 Å². The lowest BCUT2D eigenvalue weighted by atomic mass is 10.1. The van der Waals surface area contributed by atoms with Crippen LogP contribution in [0.15, 0.2) is 48.5 Å². The molecule has 2 aromatic rings. The van der Waals surface area contributed by atoms with E-state index in [1.807, 2.05) is 0 Å². The number of hydrogen-bond acceptors (Lipinski definition) is 4. The van der Waals surface area contributed by atoms with Crippen LogP contribution in [0.1, 0.15) is 17.3 Å². The van der Waals surface area contributed by atoms with Crippen LogP contribution in [0.2, 0.25) is 5.02 Å². The van der Waals surface area contributed by atoms with Crippen LogP contribution in [0, 0.1) is 10.1 Å². The molecule has 21 heavy (non-hydrogen) atoms. The van der Waals surface area contributed by atoms with Crippen LogP contribution in [0.3, 0.4) is 0 Å². The average Bonchev–Trinajstić information content (AvgIpc) is 2.47. The Morgan fingerprint density at radius 3 is 2.48 bits per heavy atom. The highest BCUT2D eigenvalue weighted by Gasteiger charge is 2.15. The van der Waals surface area contributed by atoms with E-state index in [-0.39, 0.29) is 11.5 Å². The van der Waals surface area contributed by atoms with E-state index >= 15 is 0 Å². The number of benzene rings is 2. The molecule has 0 saturated heterocycles. The molecular formula is C15H13ClN2O3. The van der Waals surface area contributed by atoms with E-state index in [9.17, 15) is 14.9 Å². The summed E-state index contributed by atoms with van der Waals surface area (Å²) in [5.41, 5.74) is 1.17. The number of Topliss-reactive ketones (excluding diaryl/α,β-unsaturated/α-hetero) is 1. The van der Waals surface area contributed by atoms with E-state index < -0.39 is 11.0 Å². The number of non-ortho nitro benzene ring substituents is 1. The smallest absolute Gasteiger partial charge is 0.269 e. The number of carbonyl (C=O) groups excluding carboxylic acids is 1. The van der Waals surface area contributed by atoms with Gasteiger partial charge in [0, 0.05) is 28.4 Å². The van der Waals surface area contributed by atoms with Gasteiger partial charge in [-0.25, -0.2) is 0 Å². The molecule has 0 aliphatic rings. The fourth-order valence-corrected chi connectivity index (χ4v) is 2.08. The number of nitro benzene ring substituents is 1. The van der Waals surface area contributed by atoms with Gasteiger partial charge in [0.2, 0.25) is 0 Å². The number of nitrogens with zero attached hydrogens (tertiary/aromatic N) is 1. The standard InChI is InChI=1S/C15H13ClN2O3/c1-10(15(19)11-3-2-4-12(16)9-11)17-13-5-7-14(8-6-13)18(20)21/h2-10,17H,1H3. The molecule has 0 aliphatic carbocycles. The second-order valence-electron chi connectivity index (χ2n) is 4.54. The third kappa shape index (κ3) is 3.79. The fraction of sp³-hybridized carbons (Fsp3) is 0.133. The third-order valence-corrected chi connectivity index (χ3v) is 3.20. The van der Waals surface area contributed by atoms with Gasteiger partial charge in [-0.15, -0.1) is 0 Å². The van der Waals surface area contributed by atoms with Crippen molar-refractivity contribution < 1.29 is 9.72 Å². The first-order valence-electron chi connectivity index (χ1n) is 6.28. The van der Waals surface area contributed by atoms with Crippen molar-refractivity contribution in [3.63, 3.8) is 0 Å². The average molecular weight is 305 g/mol. The minimum absolute atomic E-state index is 0.00868. The molecule has 0 saturated carbocycles. The van der Waals surface area contributed by atoms with E-state index in [1.54, 1.807) is 43.3 Å². The Morgan fingerprint density at radius 2 is 1.90 bits per heavy atom. The molecule has 0 radical (unpaired) electrons. The number of carbonyl (C=O) groups is 1. The summed E-state index contributed by atoms with van der Waals surface area (Å²) < 4.78 is 0. The summed E-state index contributed by atoms with van der Waals surface area (Å²) in [5, 5.41) is 14.1. The molecule has 0 spiro atoms. The lowest BCUT2D eigenvalue weighted by molar-refractivity contribution is -0.384. The molecule has 0 amide bonds. The number of hydrogen-bond donors (Lipinski definition) is 1. The quantitative estimate of drug-likeness (QED) is 0.516. The van der Waals surface area contributed by atoms with Gasteiger partial charge < -0.3 is 5.32 Å². The van der Waals surface area contributed by atoms with Crippen molar-refractivity contribution in [2.24, 2.45) is 0 Å². The van der Waals surface area contributed by atoms with Gasteiger partial charge in [-0.1, -0.05) is 23.7 Å². The molecule has 1 unspecified atom stereocenters. The van der Waals surface area contributed by atoms with Crippen LogP contribution in [-0.4, -0.2) is 16.7 Å². The highest BCUT2D eigenvalue weighted by Crippen LogP contribution is 2.18. The second kappa shape index (κ2) is 6.37. The van der Waals surface area contributed by atoms with E-state index in [0.29, 0.717) is 16.3 Å². The summed E-state index contributed by atoms with van der Waals surface area (Å²) in [6, 6.07) is 12.2. The summed E-state index contributed by atoms with van der Waals surface area (Å²) in [4.78, 5) is 22.4. The van der Waals surface area contributed by atoms with Gasteiger partial charge in [0.05, 0.1) is 11.0 Å². The lowest BCUT2D eigenvalue weighted by Crippen LogP contribution is -2.26. The Balaban J connectivity index is 2.08. The molecule has 2 rings (SSSR count). The van der Waals surface area contributed by atoms with E-state index in [0.717, 1.165) is 0 Å². The molecule has 5 nitrogen and oxygen atoms in total. The number of anilines is 1. The van der Waals surface area contributed by atoms with Crippen LogP contribution >= 0.6 is 11.6 Å². The first-order valence-corrected chi connectivity index (χ1v) is 6.66. The molecule has 2 aromatic carbocycles. The van der Waals surface area contributed by atoms with Crippen molar-refractivity contribution in [1.82, 2.24) is 0 Å². The van der Waals surface area contributed by atoms with Crippen molar-refractivity contribution in [1.29, 1.82) is 0 Å². The maximum absolute atomic E-state index is 12.2. The molecule has 0 aromatic heterocycles. The van der Waals surface area contributed by atoms with Gasteiger partial charge in [-0.05, 0) is 31.2 Å². The maximum atomic E-state index is 12.2. The largest absolute Gasteiger partial charge is 0.375 e. The first-order chi connectivity index (χ1) is 9.97. The lowest BCUT2D eigenvalue weighted by Gasteiger charge is -2.14. The molecule has 0 heterocycles. The highest BCUT2D eigenvalue weighted by atomic mass is 35.5. The summed E-state index contributed by atoms with van der Waals surface area (Å²) >= 11 is 5.86. The molecule has 1 atom stereocenters. The van der Waals surface area contributed by atoms with Crippen LogP contribution in [-0.2, 0) is 0 Å². The minimum Gasteiger partial charge on any atom is -0.375 e. The van der Waals surface area contributed by atoms with Gasteiger partial charge in [0.15, 0.2) is 5.78 Å². The van der Waals surface area contributed by atoms with Gasteiger partial charge >= 0.3 is 0 Å². The number of nitro groups is 1. The third-order valence-electron chi connectivity index (χ3n) is 2.96. The topological polar surface area (TPSA) is 72.2 Å². The first kappa shape index (κ1) is 15.0. The van der Waals surface area contributed by atoms with Crippen molar-refractivity contribution in [2.45, 2.75) is 13.0 Å². The van der Waals surface area contributed by atoms with E-state index in [2.05, 4.69) is 5.32 Å². The van der Waals surface area contributed by atoms with E-state index in [4.69, 9.17) is 11.6 Å². The Morgan fingerprint density at radius 1 is 1.24 bits per heavy atom. The molecule has 108 valence electrons.